The Bertz CT molecular complexity index is 386. The predicted octanol–water partition coefficient (Wildman–Crippen LogP) is 3.00. The van der Waals surface area contributed by atoms with Gasteiger partial charge in [0.2, 0.25) is 0 Å². The highest BCUT2D eigenvalue weighted by Gasteiger charge is 2.20. The summed E-state index contributed by atoms with van der Waals surface area (Å²) in [5, 5.41) is 3.13. The summed E-state index contributed by atoms with van der Waals surface area (Å²) in [6.07, 6.45) is 3.65. The average Bonchev–Trinajstić information content (AvgIpc) is 3.10. The number of anilines is 1. The summed E-state index contributed by atoms with van der Waals surface area (Å²) >= 11 is 0. The zero-order valence-electron chi connectivity index (χ0n) is 10.1. The average molecular weight is 345 g/mol. The first-order valence-corrected chi connectivity index (χ1v) is 5.94. The lowest BCUT2D eigenvalue weighted by molar-refractivity contribution is 0.846. The molecule has 4 heteroatoms. The van der Waals surface area contributed by atoms with Crippen LogP contribution in [-0.4, -0.2) is 12.5 Å². The first-order valence-electron chi connectivity index (χ1n) is 5.94. The fraction of sp³-hybridized carbons (Fsp3) is 0.462. The number of aryl methyl sites for hydroxylation is 1. The minimum atomic E-state index is 0. The van der Waals surface area contributed by atoms with E-state index in [1.807, 2.05) is 12.1 Å². The lowest BCUT2D eigenvalue weighted by atomic mass is 10.1. The molecule has 0 heterocycles. The molecule has 3 N–H and O–H groups in total. The van der Waals surface area contributed by atoms with Crippen LogP contribution in [0.1, 0.15) is 25.3 Å². The van der Waals surface area contributed by atoms with E-state index < -0.39 is 0 Å². The number of rotatable bonds is 4. The molecular formula is C13H20IN3. The van der Waals surface area contributed by atoms with E-state index >= 15 is 0 Å². The Balaban J connectivity index is 0.00000144. The van der Waals surface area contributed by atoms with E-state index in [1.54, 1.807) is 0 Å². The molecule has 94 valence electrons. The van der Waals surface area contributed by atoms with Gasteiger partial charge in [0.1, 0.15) is 0 Å². The van der Waals surface area contributed by atoms with Crippen molar-refractivity contribution in [3.05, 3.63) is 29.8 Å². The van der Waals surface area contributed by atoms with Crippen LogP contribution in [0.4, 0.5) is 5.69 Å². The number of hydrogen-bond acceptors (Lipinski definition) is 1. The largest absolute Gasteiger partial charge is 0.370 e. The molecule has 17 heavy (non-hydrogen) atoms. The van der Waals surface area contributed by atoms with E-state index in [1.165, 1.54) is 18.4 Å². The van der Waals surface area contributed by atoms with E-state index in [0.29, 0.717) is 5.96 Å². The van der Waals surface area contributed by atoms with Crippen LogP contribution in [0.25, 0.3) is 0 Å². The topological polar surface area (TPSA) is 50.4 Å². The van der Waals surface area contributed by atoms with Crippen LogP contribution in [-0.2, 0) is 6.42 Å². The molecular weight excluding hydrogens is 325 g/mol. The van der Waals surface area contributed by atoms with Crippen molar-refractivity contribution in [2.24, 2.45) is 16.6 Å². The van der Waals surface area contributed by atoms with Gasteiger partial charge >= 0.3 is 0 Å². The molecule has 1 aromatic rings. The Hall–Kier alpha value is -0.780. The van der Waals surface area contributed by atoms with Gasteiger partial charge in [-0.2, -0.15) is 0 Å². The molecule has 0 aliphatic heterocycles. The van der Waals surface area contributed by atoms with Gasteiger partial charge in [0, 0.05) is 12.2 Å². The van der Waals surface area contributed by atoms with E-state index in [4.69, 9.17) is 5.73 Å². The quantitative estimate of drug-likeness (QED) is 0.501. The number of nitrogens with two attached hydrogens (primary N) is 1. The molecule has 1 saturated carbocycles. The lowest BCUT2D eigenvalue weighted by Gasteiger charge is -2.06. The third-order valence-electron chi connectivity index (χ3n) is 2.82. The zero-order valence-corrected chi connectivity index (χ0v) is 12.5. The van der Waals surface area contributed by atoms with Crippen molar-refractivity contribution in [1.82, 2.24) is 0 Å². The van der Waals surface area contributed by atoms with Gasteiger partial charge in [-0.15, -0.1) is 24.0 Å². The van der Waals surface area contributed by atoms with Crippen LogP contribution < -0.4 is 11.1 Å². The summed E-state index contributed by atoms with van der Waals surface area (Å²) in [5.74, 6) is 1.31. The summed E-state index contributed by atoms with van der Waals surface area (Å²) in [5.41, 5.74) is 8.14. The third-order valence-corrected chi connectivity index (χ3v) is 2.82. The Morgan fingerprint density at radius 3 is 2.88 bits per heavy atom. The van der Waals surface area contributed by atoms with Crippen LogP contribution in [0.5, 0.6) is 0 Å². The first-order chi connectivity index (χ1) is 7.78. The van der Waals surface area contributed by atoms with Crippen molar-refractivity contribution < 1.29 is 0 Å². The molecule has 2 rings (SSSR count). The van der Waals surface area contributed by atoms with Crippen LogP contribution in [0.15, 0.2) is 29.3 Å². The molecule has 0 amide bonds. The summed E-state index contributed by atoms with van der Waals surface area (Å²) in [6, 6.07) is 8.27. The second-order valence-electron chi connectivity index (χ2n) is 4.35. The molecule has 1 aliphatic carbocycles. The van der Waals surface area contributed by atoms with Crippen molar-refractivity contribution in [2.45, 2.75) is 26.2 Å². The second-order valence-corrected chi connectivity index (χ2v) is 4.35. The SMILES string of the molecule is CCc1cccc(NC(N)=NCC2CC2)c1.I. The summed E-state index contributed by atoms with van der Waals surface area (Å²) in [6.45, 7) is 3.01. The number of nitrogens with zero attached hydrogens (tertiary/aromatic N) is 1. The molecule has 0 bridgehead atoms. The van der Waals surface area contributed by atoms with Crippen molar-refractivity contribution >= 4 is 35.6 Å². The molecule has 1 aliphatic rings. The standard InChI is InChI=1S/C13H19N3.HI/c1-2-10-4-3-5-12(8-10)16-13(14)15-9-11-6-7-11;/h3-5,8,11H,2,6-7,9H2,1H3,(H3,14,15,16);1H. The maximum absolute atomic E-state index is 5.81. The highest BCUT2D eigenvalue weighted by Crippen LogP contribution is 2.28. The monoisotopic (exact) mass is 345 g/mol. The predicted molar refractivity (Wildman–Crippen MR) is 84.1 cm³/mol. The van der Waals surface area contributed by atoms with Crippen LogP contribution in [0.2, 0.25) is 0 Å². The summed E-state index contributed by atoms with van der Waals surface area (Å²) in [4.78, 5) is 4.32. The van der Waals surface area contributed by atoms with Crippen molar-refractivity contribution in [2.75, 3.05) is 11.9 Å². The van der Waals surface area contributed by atoms with Crippen LogP contribution >= 0.6 is 24.0 Å². The molecule has 0 radical (unpaired) electrons. The highest BCUT2D eigenvalue weighted by molar-refractivity contribution is 14.0. The maximum atomic E-state index is 5.81. The van der Waals surface area contributed by atoms with E-state index in [9.17, 15) is 0 Å². The molecule has 0 aromatic heterocycles. The number of guanidine groups is 1. The van der Waals surface area contributed by atoms with Gasteiger partial charge in [-0.1, -0.05) is 19.1 Å². The molecule has 1 aromatic carbocycles. The van der Waals surface area contributed by atoms with Crippen molar-refractivity contribution in [3.8, 4) is 0 Å². The van der Waals surface area contributed by atoms with Crippen LogP contribution in [0.3, 0.4) is 0 Å². The Labute approximate surface area is 120 Å². The Morgan fingerprint density at radius 2 is 2.24 bits per heavy atom. The molecule has 1 fully saturated rings. The third kappa shape index (κ3) is 4.93. The summed E-state index contributed by atoms with van der Waals surface area (Å²) < 4.78 is 0. The molecule has 0 spiro atoms. The number of halogens is 1. The van der Waals surface area contributed by atoms with Gasteiger partial charge in [-0.05, 0) is 42.9 Å². The fourth-order valence-corrected chi connectivity index (χ4v) is 1.58. The smallest absolute Gasteiger partial charge is 0.193 e. The van der Waals surface area contributed by atoms with Gasteiger partial charge in [0.05, 0.1) is 0 Å². The Morgan fingerprint density at radius 1 is 1.47 bits per heavy atom. The molecule has 3 nitrogen and oxygen atoms in total. The molecule has 0 unspecified atom stereocenters. The molecule has 0 atom stereocenters. The fourth-order valence-electron chi connectivity index (χ4n) is 1.58. The van der Waals surface area contributed by atoms with Gasteiger partial charge in [0.25, 0.3) is 0 Å². The normalized spacial score (nSPS) is 15.2. The van der Waals surface area contributed by atoms with E-state index in [0.717, 1.165) is 24.6 Å². The number of nitrogens with one attached hydrogen (secondary N) is 1. The first kappa shape index (κ1) is 14.3. The highest BCUT2D eigenvalue weighted by atomic mass is 127. The van der Waals surface area contributed by atoms with Crippen LogP contribution in [0, 0.1) is 5.92 Å². The zero-order chi connectivity index (χ0) is 11.4. The van der Waals surface area contributed by atoms with Gasteiger partial charge in [-0.25, -0.2) is 0 Å². The van der Waals surface area contributed by atoms with Gasteiger partial charge in [0.15, 0.2) is 5.96 Å². The Kier molecular flexibility index (Phi) is 5.74. The second kappa shape index (κ2) is 6.83. The van der Waals surface area contributed by atoms with Crippen molar-refractivity contribution in [1.29, 1.82) is 0 Å². The minimum Gasteiger partial charge on any atom is -0.370 e. The van der Waals surface area contributed by atoms with E-state index in [-0.39, 0.29) is 24.0 Å². The molecule has 0 saturated heterocycles. The lowest BCUT2D eigenvalue weighted by Crippen LogP contribution is -2.23. The van der Waals surface area contributed by atoms with Gasteiger partial charge < -0.3 is 11.1 Å². The number of hydrogen-bond donors (Lipinski definition) is 2. The van der Waals surface area contributed by atoms with Crippen molar-refractivity contribution in [3.63, 3.8) is 0 Å². The maximum Gasteiger partial charge on any atom is 0.193 e. The number of benzene rings is 1. The van der Waals surface area contributed by atoms with Gasteiger partial charge in [-0.3, -0.25) is 4.99 Å². The summed E-state index contributed by atoms with van der Waals surface area (Å²) in [7, 11) is 0. The van der Waals surface area contributed by atoms with E-state index in [2.05, 4.69) is 29.4 Å². The number of aliphatic imine (C=N–C) groups is 1. The minimum absolute atomic E-state index is 0.